The van der Waals surface area contributed by atoms with Crippen molar-refractivity contribution in [1.29, 1.82) is 0 Å². The second-order valence-corrected chi connectivity index (χ2v) is 9.56. The Morgan fingerprint density at radius 2 is 2.14 bits per heavy atom. The van der Waals surface area contributed by atoms with Crippen molar-refractivity contribution in [2.24, 2.45) is 0 Å². The topological polar surface area (TPSA) is 88.3 Å². The molecule has 2 N–H and O–H groups in total. The SMILES string of the molecule is Cc1nn(C2CCNCC2F)c(C)c1-c1cc(N2CCOC[C@H]2C)nc2c(-c3ccc[nH]3)cnn12. The van der Waals surface area contributed by atoms with Crippen LogP contribution in [-0.4, -0.2) is 74.4 Å². The molecular weight excluding hydrogens is 447 g/mol. The summed E-state index contributed by atoms with van der Waals surface area (Å²) in [5.41, 5.74) is 6.36. The highest BCUT2D eigenvalue weighted by atomic mass is 19.1. The van der Waals surface area contributed by atoms with Gasteiger partial charge in [0.1, 0.15) is 12.0 Å². The molecule has 4 aromatic rings. The molecule has 2 saturated heterocycles. The molecule has 4 aromatic heterocycles. The zero-order valence-corrected chi connectivity index (χ0v) is 20.3. The average Bonchev–Trinajstić information content (AvgIpc) is 3.58. The molecule has 2 aliphatic heterocycles. The lowest BCUT2D eigenvalue weighted by Crippen LogP contribution is -2.44. The minimum Gasteiger partial charge on any atom is -0.377 e. The first-order valence-electron chi connectivity index (χ1n) is 12.3. The molecule has 0 saturated carbocycles. The molecule has 2 unspecified atom stereocenters. The first-order chi connectivity index (χ1) is 17.0. The van der Waals surface area contributed by atoms with Crippen LogP contribution in [0.15, 0.2) is 30.6 Å². The number of nitrogens with zero attached hydrogens (tertiary/aromatic N) is 6. The van der Waals surface area contributed by atoms with Crippen LogP contribution >= 0.6 is 0 Å². The van der Waals surface area contributed by atoms with Crippen LogP contribution in [0.2, 0.25) is 0 Å². The third kappa shape index (κ3) is 3.71. The van der Waals surface area contributed by atoms with Gasteiger partial charge in [-0.05, 0) is 45.9 Å². The third-order valence-corrected chi connectivity index (χ3v) is 7.28. The van der Waals surface area contributed by atoms with Crippen LogP contribution < -0.4 is 10.2 Å². The molecular formula is C25H31FN8O. The van der Waals surface area contributed by atoms with Crippen LogP contribution in [0.3, 0.4) is 0 Å². The lowest BCUT2D eigenvalue weighted by molar-refractivity contribution is 0.0985. The Morgan fingerprint density at radius 1 is 1.26 bits per heavy atom. The van der Waals surface area contributed by atoms with Gasteiger partial charge >= 0.3 is 0 Å². The summed E-state index contributed by atoms with van der Waals surface area (Å²) in [5.74, 6) is 0.883. The van der Waals surface area contributed by atoms with Crippen molar-refractivity contribution in [2.45, 2.75) is 45.4 Å². The molecule has 2 fully saturated rings. The molecule has 184 valence electrons. The number of aryl methyl sites for hydroxylation is 1. The summed E-state index contributed by atoms with van der Waals surface area (Å²) in [4.78, 5) is 10.6. The van der Waals surface area contributed by atoms with Crippen LogP contribution in [-0.2, 0) is 4.74 Å². The number of fused-ring (bicyclic) bond motifs is 1. The molecule has 9 nitrogen and oxygen atoms in total. The summed E-state index contributed by atoms with van der Waals surface area (Å²) >= 11 is 0. The number of ether oxygens (including phenoxy) is 1. The van der Waals surface area contributed by atoms with E-state index in [9.17, 15) is 4.39 Å². The molecule has 0 bridgehead atoms. The van der Waals surface area contributed by atoms with Gasteiger partial charge in [0.2, 0.25) is 0 Å². The van der Waals surface area contributed by atoms with Crippen molar-refractivity contribution in [3.63, 3.8) is 0 Å². The summed E-state index contributed by atoms with van der Waals surface area (Å²) in [6, 6.07) is 6.02. The fraction of sp³-hybridized carbons (Fsp3) is 0.480. The largest absolute Gasteiger partial charge is 0.377 e. The van der Waals surface area contributed by atoms with E-state index >= 15 is 0 Å². The van der Waals surface area contributed by atoms with Gasteiger partial charge in [0.25, 0.3) is 0 Å². The van der Waals surface area contributed by atoms with E-state index in [-0.39, 0.29) is 12.1 Å². The number of rotatable bonds is 4. The van der Waals surface area contributed by atoms with Crippen molar-refractivity contribution in [3.05, 3.63) is 42.0 Å². The highest BCUT2D eigenvalue weighted by Crippen LogP contribution is 2.35. The van der Waals surface area contributed by atoms with Gasteiger partial charge in [0.15, 0.2) is 5.65 Å². The second kappa shape index (κ2) is 8.76. The van der Waals surface area contributed by atoms with Crippen molar-refractivity contribution in [3.8, 4) is 22.5 Å². The van der Waals surface area contributed by atoms with Gasteiger partial charge in [-0.15, -0.1) is 0 Å². The van der Waals surface area contributed by atoms with Crippen LogP contribution in [0.25, 0.3) is 28.2 Å². The molecule has 0 spiro atoms. The quantitative estimate of drug-likeness (QED) is 0.468. The number of H-pyrrole nitrogens is 1. The van der Waals surface area contributed by atoms with E-state index in [1.807, 2.05) is 47.6 Å². The lowest BCUT2D eigenvalue weighted by Gasteiger charge is -2.34. The summed E-state index contributed by atoms with van der Waals surface area (Å²) in [6.45, 7) is 9.42. The van der Waals surface area contributed by atoms with Gasteiger partial charge in [0, 0.05) is 36.6 Å². The number of anilines is 1. The Morgan fingerprint density at radius 3 is 2.91 bits per heavy atom. The highest BCUT2D eigenvalue weighted by molar-refractivity contribution is 5.80. The van der Waals surface area contributed by atoms with Gasteiger partial charge in [0.05, 0.1) is 54.1 Å². The monoisotopic (exact) mass is 478 g/mol. The normalized spacial score (nSPS) is 23.3. The second-order valence-electron chi connectivity index (χ2n) is 9.56. The predicted molar refractivity (Wildman–Crippen MR) is 133 cm³/mol. The Hall–Kier alpha value is -3.24. The number of aromatic amines is 1. The maximum Gasteiger partial charge on any atom is 0.167 e. The van der Waals surface area contributed by atoms with Crippen molar-refractivity contribution >= 4 is 11.5 Å². The van der Waals surface area contributed by atoms with E-state index in [1.165, 1.54) is 0 Å². The summed E-state index contributed by atoms with van der Waals surface area (Å²) in [7, 11) is 0. The lowest BCUT2D eigenvalue weighted by atomic mass is 10.0. The summed E-state index contributed by atoms with van der Waals surface area (Å²) in [6.07, 6.45) is 3.49. The van der Waals surface area contributed by atoms with E-state index in [4.69, 9.17) is 19.9 Å². The van der Waals surface area contributed by atoms with E-state index in [0.717, 1.165) is 58.5 Å². The molecule has 35 heavy (non-hydrogen) atoms. The highest BCUT2D eigenvalue weighted by Gasteiger charge is 2.31. The molecule has 0 aliphatic carbocycles. The molecule has 3 atom stereocenters. The fourth-order valence-corrected chi connectivity index (χ4v) is 5.47. The minimum absolute atomic E-state index is 0.204. The Balaban J connectivity index is 1.55. The molecule has 10 heteroatoms. The first kappa shape index (κ1) is 22.2. The van der Waals surface area contributed by atoms with Gasteiger partial charge in [-0.1, -0.05) is 0 Å². The molecule has 6 heterocycles. The van der Waals surface area contributed by atoms with Gasteiger partial charge < -0.3 is 19.9 Å². The van der Waals surface area contributed by atoms with Gasteiger partial charge in [-0.25, -0.2) is 13.9 Å². The number of morpholine rings is 1. The third-order valence-electron chi connectivity index (χ3n) is 7.28. The number of piperidine rings is 1. The van der Waals surface area contributed by atoms with E-state index in [2.05, 4.69) is 28.2 Å². The standard InChI is InChI=1S/C25H31FN8O/c1-15-14-35-10-9-32(15)23-11-22(34-25(30-23)18(12-29-34)20-5-4-7-28-20)24-16(2)31-33(17(24)3)21-6-8-27-13-19(21)26/h4-5,7,11-12,15,19,21,27-28H,6,8-10,13-14H2,1-3H3/t15-,19?,21?/m1/s1. The van der Waals surface area contributed by atoms with E-state index in [1.54, 1.807) is 0 Å². The van der Waals surface area contributed by atoms with Crippen LogP contribution in [0.5, 0.6) is 0 Å². The molecule has 0 aromatic carbocycles. The van der Waals surface area contributed by atoms with Crippen molar-refractivity contribution < 1.29 is 9.13 Å². The number of halogens is 1. The number of nitrogens with one attached hydrogen (secondary N) is 2. The smallest absolute Gasteiger partial charge is 0.167 e. The van der Waals surface area contributed by atoms with Crippen LogP contribution in [0, 0.1) is 13.8 Å². The number of alkyl halides is 1. The molecule has 6 rings (SSSR count). The van der Waals surface area contributed by atoms with Crippen molar-refractivity contribution in [1.82, 2.24) is 34.7 Å². The summed E-state index contributed by atoms with van der Waals surface area (Å²) < 4.78 is 24.3. The maximum atomic E-state index is 14.8. The maximum absolute atomic E-state index is 14.8. The van der Waals surface area contributed by atoms with Crippen LogP contribution in [0.4, 0.5) is 10.2 Å². The zero-order valence-electron chi connectivity index (χ0n) is 20.3. The fourth-order valence-electron chi connectivity index (χ4n) is 5.47. The van der Waals surface area contributed by atoms with Gasteiger partial charge in [-0.3, -0.25) is 4.68 Å². The number of hydrogen-bond donors (Lipinski definition) is 2. The van der Waals surface area contributed by atoms with E-state index in [0.29, 0.717) is 26.2 Å². The van der Waals surface area contributed by atoms with Crippen molar-refractivity contribution in [2.75, 3.05) is 37.7 Å². The number of hydrogen-bond acceptors (Lipinski definition) is 6. The number of aromatic nitrogens is 6. The molecule has 0 radical (unpaired) electrons. The molecule has 2 aliphatic rings. The Labute approximate surface area is 203 Å². The van der Waals surface area contributed by atoms with E-state index < -0.39 is 6.17 Å². The Kier molecular flexibility index (Phi) is 5.57. The minimum atomic E-state index is -0.971. The predicted octanol–water partition coefficient (Wildman–Crippen LogP) is 3.30. The van der Waals surface area contributed by atoms with Gasteiger partial charge in [-0.2, -0.15) is 10.2 Å². The average molecular weight is 479 g/mol. The molecule has 0 amide bonds. The first-order valence-corrected chi connectivity index (χ1v) is 12.3. The van der Waals surface area contributed by atoms with Crippen LogP contribution in [0.1, 0.15) is 30.8 Å². The summed E-state index contributed by atoms with van der Waals surface area (Å²) in [5, 5.41) is 12.7. The zero-order chi connectivity index (χ0) is 24.1. The Bertz CT molecular complexity index is 1340.